The van der Waals surface area contributed by atoms with E-state index in [1.165, 1.54) is 0 Å². The van der Waals surface area contributed by atoms with Gasteiger partial charge in [0.2, 0.25) is 16.0 Å². The summed E-state index contributed by atoms with van der Waals surface area (Å²) in [6.45, 7) is 7.08. The maximum Gasteiger partial charge on any atom is 0.229 e. The number of piperazine rings is 1. The molecule has 0 spiro atoms. The summed E-state index contributed by atoms with van der Waals surface area (Å²) < 4.78 is 34.0. The molecule has 11 nitrogen and oxygen atoms in total. The number of hydrogen-bond acceptors (Lipinski definition) is 10. The van der Waals surface area contributed by atoms with E-state index in [0.29, 0.717) is 63.1 Å². The van der Waals surface area contributed by atoms with Crippen molar-refractivity contribution >= 4 is 88.0 Å². The van der Waals surface area contributed by atoms with Crippen molar-refractivity contribution in [1.82, 2.24) is 19.8 Å². The second-order valence-electron chi connectivity index (χ2n) is 11.5. The lowest BCUT2D eigenvalue weighted by atomic mass is 10.0. The third kappa shape index (κ3) is 7.37. The molecule has 3 N–H and O–H groups in total. The largest absolute Gasteiger partial charge is 0.493 e. The van der Waals surface area contributed by atoms with Crippen LogP contribution in [0.2, 0.25) is 5.02 Å². The predicted octanol–water partition coefficient (Wildman–Crippen LogP) is 5.66. The fourth-order valence-corrected chi connectivity index (χ4v) is 7.57. The summed E-state index contributed by atoms with van der Waals surface area (Å²) in [5.41, 5.74) is 3.58. The number of nitrogens with zero attached hydrogens (tertiary/aromatic N) is 5. The standard InChI is InChI=1S/C29H35Br2ClN8O3S/c1-38-8-10-39(11-9-38)19-3-6-40(7-4-19)26-15-22(32)23(14-20(26)30)35-29-33-17-21(31)28(36-29)34-24-16-27-18(5-12-43-27)13-25(24)37-44(2,41)42/h13-17,19,37H,3-12H2,1-2H3,(H2,33,34,35,36). The van der Waals surface area contributed by atoms with Crippen LogP contribution in [0, 0.1) is 0 Å². The number of nitrogens with one attached hydrogen (secondary N) is 3. The molecule has 0 amide bonds. The SMILES string of the molecule is CN1CCN(C2CCN(c3cc(Cl)c(Nc4ncc(Br)c(Nc5cc6c(cc5NS(C)(=O)=O)CCO6)n4)cc3Br)CC2)CC1. The zero-order valence-electron chi connectivity index (χ0n) is 24.5. The van der Waals surface area contributed by atoms with Crippen molar-refractivity contribution in [2.75, 3.05) is 79.4 Å². The molecule has 0 radical (unpaired) electrons. The minimum Gasteiger partial charge on any atom is -0.493 e. The molecule has 1 aromatic heterocycles. The van der Waals surface area contributed by atoms with Gasteiger partial charge in [0.15, 0.2) is 0 Å². The molecule has 15 heteroatoms. The van der Waals surface area contributed by atoms with Gasteiger partial charge >= 0.3 is 0 Å². The molecule has 3 aliphatic rings. The summed E-state index contributed by atoms with van der Waals surface area (Å²) in [6, 6.07) is 8.13. The Balaban J connectivity index is 1.16. The summed E-state index contributed by atoms with van der Waals surface area (Å²) in [4.78, 5) is 16.5. The van der Waals surface area contributed by atoms with Gasteiger partial charge in [-0.1, -0.05) is 11.6 Å². The highest BCUT2D eigenvalue weighted by Gasteiger charge is 2.28. The maximum atomic E-state index is 12.1. The molecule has 236 valence electrons. The average molecular weight is 771 g/mol. The molecule has 2 saturated heterocycles. The smallest absolute Gasteiger partial charge is 0.229 e. The van der Waals surface area contributed by atoms with Gasteiger partial charge in [-0.3, -0.25) is 9.62 Å². The number of piperidine rings is 1. The van der Waals surface area contributed by atoms with Crippen molar-refractivity contribution < 1.29 is 13.2 Å². The van der Waals surface area contributed by atoms with Gasteiger partial charge in [0.05, 0.1) is 45.1 Å². The number of halogens is 3. The Bertz CT molecular complexity index is 1650. The van der Waals surface area contributed by atoms with Crippen LogP contribution >= 0.6 is 43.5 Å². The van der Waals surface area contributed by atoms with Crippen molar-refractivity contribution in [3.63, 3.8) is 0 Å². The predicted molar refractivity (Wildman–Crippen MR) is 184 cm³/mol. The number of fused-ring (bicyclic) bond motifs is 1. The van der Waals surface area contributed by atoms with Crippen LogP contribution in [0.4, 0.5) is 34.5 Å². The van der Waals surface area contributed by atoms with E-state index >= 15 is 0 Å². The normalized spacial score (nSPS) is 18.2. The van der Waals surface area contributed by atoms with E-state index in [9.17, 15) is 8.42 Å². The molecule has 44 heavy (non-hydrogen) atoms. The zero-order valence-corrected chi connectivity index (χ0v) is 29.3. The van der Waals surface area contributed by atoms with Crippen LogP contribution in [0.15, 0.2) is 39.4 Å². The number of likely N-dealkylation sites (N-methyl/N-ethyl adjacent to an activating group) is 1. The van der Waals surface area contributed by atoms with Gasteiger partial charge < -0.3 is 25.2 Å². The molecular formula is C29H35Br2ClN8O3S. The van der Waals surface area contributed by atoms with Crippen molar-refractivity contribution in [3.8, 4) is 5.75 Å². The van der Waals surface area contributed by atoms with E-state index in [-0.39, 0.29) is 0 Å². The fraction of sp³-hybridized carbons (Fsp3) is 0.448. The molecule has 0 unspecified atom stereocenters. The second kappa shape index (κ2) is 13.2. The van der Waals surface area contributed by atoms with Crippen LogP contribution in [0.25, 0.3) is 0 Å². The highest BCUT2D eigenvalue weighted by atomic mass is 79.9. The van der Waals surface area contributed by atoms with Gasteiger partial charge in [0.1, 0.15) is 11.6 Å². The number of aromatic nitrogens is 2. The molecule has 0 saturated carbocycles. The maximum absolute atomic E-state index is 12.1. The Morgan fingerprint density at radius 3 is 2.43 bits per heavy atom. The van der Waals surface area contributed by atoms with Crippen LogP contribution in [0.5, 0.6) is 5.75 Å². The molecule has 0 aliphatic carbocycles. The quantitative estimate of drug-likeness (QED) is 0.265. The van der Waals surface area contributed by atoms with Crippen molar-refractivity contribution in [1.29, 1.82) is 0 Å². The number of benzene rings is 2. The zero-order chi connectivity index (χ0) is 31.0. The van der Waals surface area contributed by atoms with Crippen molar-refractivity contribution in [2.45, 2.75) is 25.3 Å². The lowest BCUT2D eigenvalue weighted by molar-refractivity contribution is 0.0982. The first kappa shape index (κ1) is 31.6. The summed E-state index contributed by atoms with van der Waals surface area (Å²) in [7, 11) is -1.32. The minimum atomic E-state index is -3.51. The minimum absolute atomic E-state index is 0.320. The monoisotopic (exact) mass is 768 g/mol. The number of anilines is 6. The number of ether oxygens (including phenoxy) is 1. The fourth-order valence-electron chi connectivity index (χ4n) is 5.91. The second-order valence-corrected chi connectivity index (χ2v) is 15.3. The van der Waals surface area contributed by atoms with Crippen LogP contribution in [0.1, 0.15) is 18.4 Å². The Morgan fingerprint density at radius 1 is 0.955 bits per heavy atom. The number of hydrogen-bond donors (Lipinski definition) is 3. The van der Waals surface area contributed by atoms with Crippen LogP contribution in [-0.4, -0.2) is 93.4 Å². The highest BCUT2D eigenvalue weighted by Crippen LogP contribution is 2.39. The molecular weight excluding hydrogens is 736 g/mol. The first-order valence-electron chi connectivity index (χ1n) is 14.5. The van der Waals surface area contributed by atoms with E-state index in [2.05, 4.69) is 78.9 Å². The Kier molecular flexibility index (Phi) is 9.46. The molecule has 2 fully saturated rings. The molecule has 0 bridgehead atoms. The highest BCUT2D eigenvalue weighted by molar-refractivity contribution is 9.11. The molecule has 2 aromatic carbocycles. The third-order valence-corrected chi connectivity index (χ3v) is 10.4. The van der Waals surface area contributed by atoms with Crippen molar-refractivity contribution in [2.24, 2.45) is 0 Å². The van der Waals surface area contributed by atoms with Gasteiger partial charge in [-0.05, 0) is 75.5 Å². The van der Waals surface area contributed by atoms with E-state index in [4.69, 9.17) is 16.3 Å². The topological polar surface area (TPSA) is 115 Å². The van der Waals surface area contributed by atoms with Crippen LogP contribution < -0.4 is 25.0 Å². The van der Waals surface area contributed by atoms with Crippen molar-refractivity contribution in [3.05, 3.63) is 50.0 Å². The van der Waals surface area contributed by atoms with Gasteiger partial charge in [0, 0.05) is 68.5 Å². The van der Waals surface area contributed by atoms with Crippen LogP contribution in [-0.2, 0) is 16.4 Å². The van der Waals surface area contributed by atoms with Gasteiger partial charge in [-0.2, -0.15) is 4.98 Å². The number of sulfonamides is 1. The summed E-state index contributed by atoms with van der Waals surface area (Å²) in [6.07, 6.45) is 5.71. The van der Waals surface area contributed by atoms with Crippen LogP contribution in [0.3, 0.4) is 0 Å². The number of rotatable bonds is 8. The van der Waals surface area contributed by atoms with Gasteiger partial charge in [-0.25, -0.2) is 13.4 Å². The molecule has 0 atom stereocenters. The molecule has 4 heterocycles. The third-order valence-electron chi connectivity index (χ3n) is 8.26. The lowest BCUT2D eigenvalue weighted by Crippen LogP contribution is -2.52. The molecule has 6 rings (SSSR count). The van der Waals surface area contributed by atoms with Gasteiger partial charge in [-0.15, -0.1) is 0 Å². The van der Waals surface area contributed by atoms with Gasteiger partial charge in [0.25, 0.3) is 0 Å². The van der Waals surface area contributed by atoms with E-state index < -0.39 is 10.0 Å². The molecule has 3 aromatic rings. The Hall–Kier alpha value is -2.36. The molecule has 3 aliphatic heterocycles. The lowest BCUT2D eigenvalue weighted by Gasteiger charge is -2.42. The summed E-state index contributed by atoms with van der Waals surface area (Å²) in [5, 5.41) is 7.02. The Morgan fingerprint density at radius 2 is 1.70 bits per heavy atom. The van der Waals surface area contributed by atoms with E-state index in [1.54, 1.807) is 18.3 Å². The van der Waals surface area contributed by atoms with E-state index in [1.807, 2.05) is 12.1 Å². The first-order chi connectivity index (χ1) is 21.0. The summed E-state index contributed by atoms with van der Waals surface area (Å²) >= 11 is 14.1. The first-order valence-corrected chi connectivity index (χ1v) is 18.4. The average Bonchev–Trinajstić information content (AvgIpc) is 3.43. The van der Waals surface area contributed by atoms with E-state index in [0.717, 1.165) is 74.1 Å². The Labute approximate surface area is 280 Å². The summed E-state index contributed by atoms with van der Waals surface area (Å²) in [5.74, 6) is 1.46.